The third kappa shape index (κ3) is 54.3. The first kappa shape index (κ1) is 65.4. The van der Waals surface area contributed by atoms with Gasteiger partial charge in [-0.15, -0.1) is 0 Å². The summed E-state index contributed by atoms with van der Waals surface area (Å²) in [4.78, 5) is 38.2. The van der Waals surface area contributed by atoms with Crippen LogP contribution in [0.4, 0.5) is 0 Å². The topological polar surface area (TPSA) is 78.9 Å². The molecule has 0 saturated carbocycles. The van der Waals surface area contributed by atoms with Crippen LogP contribution in [0.1, 0.15) is 310 Å². The van der Waals surface area contributed by atoms with E-state index in [4.69, 9.17) is 14.2 Å². The zero-order valence-electron chi connectivity index (χ0n) is 45.4. The number of unbranched alkanes of at least 4 members (excludes halogenated alkanes) is 35. The first-order valence-electron chi connectivity index (χ1n) is 29.6. The SMILES string of the molecule is CCCCC/C=C\C/C=C\C/C=C\C/C=C\CCCCCC(=O)OC[C@@H](COC(=O)CCCCCCCCCCCCCCCCC)OC(=O)CCCCCCCCCCCCCCCCCC. The normalized spacial score (nSPS) is 12.3. The molecule has 396 valence electrons. The third-order valence-corrected chi connectivity index (χ3v) is 13.1. The molecule has 0 aliphatic carbocycles. The van der Waals surface area contributed by atoms with Gasteiger partial charge in [0.25, 0.3) is 0 Å². The van der Waals surface area contributed by atoms with Crippen LogP contribution in [0.3, 0.4) is 0 Å². The lowest BCUT2D eigenvalue weighted by molar-refractivity contribution is -0.167. The van der Waals surface area contributed by atoms with Crippen molar-refractivity contribution in [3.63, 3.8) is 0 Å². The minimum atomic E-state index is -0.782. The number of hydrogen-bond donors (Lipinski definition) is 0. The predicted octanol–water partition coefficient (Wildman–Crippen LogP) is 19.8. The fourth-order valence-electron chi connectivity index (χ4n) is 8.60. The van der Waals surface area contributed by atoms with Crippen LogP contribution in [0.2, 0.25) is 0 Å². The summed E-state index contributed by atoms with van der Waals surface area (Å²) >= 11 is 0. The Bertz CT molecular complexity index is 1190. The molecule has 0 amide bonds. The molecule has 0 radical (unpaired) electrons. The van der Waals surface area contributed by atoms with E-state index in [1.54, 1.807) is 0 Å². The number of allylic oxidation sites excluding steroid dienone is 8. The molecule has 0 heterocycles. The Morgan fingerprint density at radius 3 is 0.853 bits per heavy atom. The molecule has 0 rings (SSSR count). The van der Waals surface area contributed by atoms with Gasteiger partial charge in [0, 0.05) is 19.3 Å². The maximum Gasteiger partial charge on any atom is 0.306 e. The van der Waals surface area contributed by atoms with E-state index in [9.17, 15) is 14.4 Å². The van der Waals surface area contributed by atoms with Gasteiger partial charge in [-0.1, -0.05) is 275 Å². The molecule has 0 fully saturated rings. The second kappa shape index (κ2) is 57.0. The quantitative estimate of drug-likeness (QED) is 0.0262. The molecular formula is C62H112O6. The highest BCUT2D eigenvalue weighted by Gasteiger charge is 2.19. The van der Waals surface area contributed by atoms with E-state index < -0.39 is 6.10 Å². The number of carbonyl (C=O) groups excluding carboxylic acids is 3. The fourth-order valence-corrected chi connectivity index (χ4v) is 8.60. The van der Waals surface area contributed by atoms with Gasteiger partial charge in [0.15, 0.2) is 6.10 Å². The predicted molar refractivity (Wildman–Crippen MR) is 293 cm³/mol. The average Bonchev–Trinajstić information content (AvgIpc) is 3.34. The van der Waals surface area contributed by atoms with Gasteiger partial charge >= 0.3 is 17.9 Å². The van der Waals surface area contributed by atoms with Crippen LogP contribution in [0.25, 0.3) is 0 Å². The summed E-state index contributed by atoms with van der Waals surface area (Å²) < 4.78 is 16.9. The summed E-state index contributed by atoms with van der Waals surface area (Å²) in [6.45, 7) is 6.63. The van der Waals surface area contributed by atoms with Gasteiger partial charge in [0.05, 0.1) is 0 Å². The minimum absolute atomic E-state index is 0.0787. The van der Waals surface area contributed by atoms with Gasteiger partial charge in [-0.3, -0.25) is 14.4 Å². The van der Waals surface area contributed by atoms with Crippen molar-refractivity contribution in [2.24, 2.45) is 0 Å². The van der Waals surface area contributed by atoms with E-state index in [1.807, 2.05) is 0 Å². The molecule has 0 bridgehead atoms. The van der Waals surface area contributed by atoms with Crippen LogP contribution in [-0.2, 0) is 28.6 Å². The summed E-state index contributed by atoms with van der Waals surface area (Å²) in [5, 5.41) is 0. The molecule has 0 unspecified atom stereocenters. The molecule has 0 aliphatic heterocycles. The van der Waals surface area contributed by atoms with E-state index in [0.29, 0.717) is 19.3 Å². The molecular weight excluding hydrogens is 841 g/mol. The Morgan fingerprint density at radius 1 is 0.294 bits per heavy atom. The van der Waals surface area contributed by atoms with Crippen LogP contribution in [0.15, 0.2) is 48.6 Å². The van der Waals surface area contributed by atoms with Crippen molar-refractivity contribution < 1.29 is 28.6 Å². The monoisotopic (exact) mass is 953 g/mol. The Kier molecular flexibility index (Phi) is 54.8. The zero-order chi connectivity index (χ0) is 49.3. The molecule has 1 atom stereocenters. The lowest BCUT2D eigenvalue weighted by Crippen LogP contribution is -2.30. The van der Waals surface area contributed by atoms with Crippen LogP contribution in [-0.4, -0.2) is 37.2 Å². The first-order chi connectivity index (χ1) is 33.5. The van der Waals surface area contributed by atoms with Crippen LogP contribution < -0.4 is 0 Å². The summed E-state index contributed by atoms with van der Waals surface area (Å²) in [7, 11) is 0. The van der Waals surface area contributed by atoms with Crippen molar-refractivity contribution in [3.05, 3.63) is 48.6 Å². The lowest BCUT2D eigenvalue weighted by atomic mass is 10.0. The van der Waals surface area contributed by atoms with Crippen LogP contribution in [0, 0.1) is 0 Å². The number of carbonyl (C=O) groups is 3. The van der Waals surface area contributed by atoms with Gasteiger partial charge in [0.2, 0.25) is 0 Å². The molecule has 0 aliphatic rings. The zero-order valence-corrected chi connectivity index (χ0v) is 45.4. The average molecular weight is 954 g/mol. The molecule has 6 heteroatoms. The van der Waals surface area contributed by atoms with E-state index in [-0.39, 0.29) is 31.1 Å². The van der Waals surface area contributed by atoms with Gasteiger partial charge in [0.1, 0.15) is 13.2 Å². The van der Waals surface area contributed by atoms with Crippen LogP contribution in [0.5, 0.6) is 0 Å². The highest BCUT2D eigenvalue weighted by molar-refractivity contribution is 5.71. The third-order valence-electron chi connectivity index (χ3n) is 13.1. The Hall–Kier alpha value is -2.63. The smallest absolute Gasteiger partial charge is 0.306 e. The maximum atomic E-state index is 12.9. The number of hydrogen-bond acceptors (Lipinski definition) is 6. The summed E-state index contributed by atoms with van der Waals surface area (Å²) in [6, 6.07) is 0. The highest BCUT2D eigenvalue weighted by atomic mass is 16.6. The van der Waals surface area contributed by atoms with Gasteiger partial charge in [-0.25, -0.2) is 0 Å². The largest absolute Gasteiger partial charge is 0.462 e. The molecule has 68 heavy (non-hydrogen) atoms. The number of ether oxygens (including phenoxy) is 3. The minimum Gasteiger partial charge on any atom is -0.462 e. The summed E-state index contributed by atoms with van der Waals surface area (Å²) in [5.41, 5.74) is 0. The van der Waals surface area contributed by atoms with Gasteiger partial charge in [-0.2, -0.15) is 0 Å². The standard InChI is InChI=1S/C62H112O6/c1-4-7-10-13-16-19-22-25-28-30-31-32-35-37-40-43-46-49-52-55-61(64)67-58-59(57-66-60(63)54-51-48-45-42-39-36-33-27-24-21-18-15-12-9-6-3)68-62(65)56-53-50-47-44-41-38-34-29-26-23-20-17-14-11-8-5-2/h16,19,25,28,31-32,37,40,59H,4-15,17-18,20-24,26-27,29-30,33-36,38-39,41-58H2,1-3H3/b19-16-,28-25-,32-31-,40-37-/t59-/m1/s1. The molecule has 0 aromatic carbocycles. The Balaban J connectivity index is 4.40. The molecule has 0 N–H and O–H groups in total. The van der Waals surface area contributed by atoms with E-state index >= 15 is 0 Å². The van der Waals surface area contributed by atoms with Crippen molar-refractivity contribution in [1.29, 1.82) is 0 Å². The van der Waals surface area contributed by atoms with Crippen molar-refractivity contribution in [2.45, 2.75) is 316 Å². The van der Waals surface area contributed by atoms with E-state index in [0.717, 1.165) is 83.5 Å². The molecule has 0 saturated heterocycles. The summed E-state index contributed by atoms with van der Waals surface area (Å²) in [6.07, 6.45) is 69.5. The van der Waals surface area contributed by atoms with E-state index in [2.05, 4.69) is 69.4 Å². The lowest BCUT2D eigenvalue weighted by Gasteiger charge is -2.18. The second-order valence-corrected chi connectivity index (χ2v) is 19.9. The van der Waals surface area contributed by atoms with Gasteiger partial charge in [-0.05, 0) is 64.2 Å². The molecule has 0 aromatic rings. The van der Waals surface area contributed by atoms with E-state index in [1.165, 1.54) is 186 Å². The van der Waals surface area contributed by atoms with Gasteiger partial charge < -0.3 is 14.2 Å². The second-order valence-electron chi connectivity index (χ2n) is 19.9. The van der Waals surface area contributed by atoms with Crippen molar-refractivity contribution in [3.8, 4) is 0 Å². The van der Waals surface area contributed by atoms with Crippen LogP contribution >= 0.6 is 0 Å². The first-order valence-corrected chi connectivity index (χ1v) is 29.6. The van der Waals surface area contributed by atoms with Crippen molar-refractivity contribution in [2.75, 3.05) is 13.2 Å². The maximum absolute atomic E-state index is 12.9. The Morgan fingerprint density at radius 2 is 0.529 bits per heavy atom. The molecule has 6 nitrogen and oxygen atoms in total. The number of rotatable bonds is 54. The molecule has 0 spiro atoms. The summed E-state index contributed by atoms with van der Waals surface area (Å²) in [5.74, 6) is -0.892. The molecule has 0 aromatic heterocycles. The fraction of sp³-hybridized carbons (Fsp3) is 0.823. The Labute approximate surface area is 422 Å². The van der Waals surface area contributed by atoms with Crippen molar-refractivity contribution >= 4 is 17.9 Å². The highest BCUT2D eigenvalue weighted by Crippen LogP contribution is 2.17. The number of esters is 3. The van der Waals surface area contributed by atoms with Crippen molar-refractivity contribution in [1.82, 2.24) is 0 Å².